The molecule has 0 radical (unpaired) electrons. The van der Waals surface area contributed by atoms with Crippen LogP contribution in [0, 0.1) is 0 Å². The summed E-state index contributed by atoms with van der Waals surface area (Å²) >= 11 is 0. The van der Waals surface area contributed by atoms with Crippen molar-refractivity contribution in [3.05, 3.63) is 36.0 Å². The lowest BCUT2D eigenvalue weighted by Gasteiger charge is -2.24. The molecule has 4 nitrogen and oxygen atoms in total. The van der Waals surface area contributed by atoms with Gasteiger partial charge in [-0.3, -0.25) is 4.79 Å². The molecule has 1 fully saturated rings. The number of aromatic amines is 1. The molecule has 1 aromatic carbocycles. The molecular formula is C14H17N3O. The van der Waals surface area contributed by atoms with Gasteiger partial charge in [0.1, 0.15) is 0 Å². The Morgan fingerprint density at radius 3 is 3.06 bits per heavy atom. The summed E-state index contributed by atoms with van der Waals surface area (Å²) in [6.45, 7) is 3.88. The van der Waals surface area contributed by atoms with E-state index < -0.39 is 0 Å². The molecule has 1 aliphatic rings. The van der Waals surface area contributed by atoms with Gasteiger partial charge in [-0.25, -0.2) is 0 Å². The second-order valence-electron chi connectivity index (χ2n) is 5.19. The molecular weight excluding hydrogens is 226 g/mol. The predicted octanol–water partition coefficient (Wildman–Crippen LogP) is 1.65. The highest BCUT2D eigenvalue weighted by atomic mass is 16.1. The number of nitrogens with one attached hydrogen (secondary N) is 3. The summed E-state index contributed by atoms with van der Waals surface area (Å²) in [6.07, 6.45) is 2.83. The number of hydrogen-bond acceptors (Lipinski definition) is 2. The highest BCUT2D eigenvalue weighted by Gasteiger charge is 2.30. The summed E-state index contributed by atoms with van der Waals surface area (Å²) in [6, 6.07) is 7.76. The number of carbonyl (C=O) groups excluding carboxylic acids is 1. The Kier molecular flexibility index (Phi) is 2.59. The molecule has 3 rings (SSSR count). The smallest absolute Gasteiger partial charge is 0.253 e. The molecule has 0 saturated carbocycles. The first-order valence-electron chi connectivity index (χ1n) is 6.27. The third kappa shape index (κ3) is 1.88. The van der Waals surface area contributed by atoms with E-state index in [-0.39, 0.29) is 11.4 Å². The van der Waals surface area contributed by atoms with Crippen LogP contribution in [0.15, 0.2) is 30.5 Å². The number of hydrogen-bond donors (Lipinski definition) is 3. The standard InChI is InChI=1S/C14H17N3O/c1-14(6-8-15-9-14)17-13(18)11-4-2-3-10-5-7-16-12(10)11/h2-5,7,15-16H,6,8-9H2,1H3,(H,17,18). The summed E-state index contributed by atoms with van der Waals surface area (Å²) < 4.78 is 0. The van der Waals surface area contributed by atoms with Crippen LogP contribution in [0.2, 0.25) is 0 Å². The van der Waals surface area contributed by atoms with Gasteiger partial charge in [-0.15, -0.1) is 0 Å². The van der Waals surface area contributed by atoms with Crippen LogP contribution in [0.5, 0.6) is 0 Å². The van der Waals surface area contributed by atoms with Gasteiger partial charge in [-0.05, 0) is 32.0 Å². The zero-order chi connectivity index (χ0) is 12.6. The van der Waals surface area contributed by atoms with Crippen molar-refractivity contribution in [1.29, 1.82) is 0 Å². The molecule has 4 heteroatoms. The van der Waals surface area contributed by atoms with Crippen molar-refractivity contribution in [3.8, 4) is 0 Å². The van der Waals surface area contributed by atoms with E-state index in [0.717, 1.165) is 30.4 Å². The largest absolute Gasteiger partial charge is 0.361 e. The number of H-pyrrole nitrogens is 1. The summed E-state index contributed by atoms with van der Waals surface area (Å²) in [7, 11) is 0. The number of amides is 1. The highest BCUT2D eigenvalue weighted by Crippen LogP contribution is 2.19. The van der Waals surface area contributed by atoms with Gasteiger partial charge in [0.05, 0.1) is 16.6 Å². The number of rotatable bonds is 2. The first kappa shape index (κ1) is 11.3. The fraction of sp³-hybridized carbons (Fsp3) is 0.357. The lowest BCUT2D eigenvalue weighted by Crippen LogP contribution is -2.47. The van der Waals surface area contributed by atoms with E-state index in [9.17, 15) is 4.79 Å². The second-order valence-corrected chi connectivity index (χ2v) is 5.19. The van der Waals surface area contributed by atoms with Crippen LogP contribution in [0.25, 0.3) is 10.9 Å². The molecule has 0 bridgehead atoms. The third-order valence-corrected chi connectivity index (χ3v) is 3.62. The normalized spacial score (nSPS) is 23.4. The molecule has 2 aromatic rings. The zero-order valence-electron chi connectivity index (χ0n) is 10.4. The van der Waals surface area contributed by atoms with Crippen molar-refractivity contribution in [2.75, 3.05) is 13.1 Å². The van der Waals surface area contributed by atoms with Gasteiger partial charge >= 0.3 is 0 Å². The van der Waals surface area contributed by atoms with Gasteiger partial charge in [0.15, 0.2) is 0 Å². The Hall–Kier alpha value is -1.81. The minimum absolute atomic E-state index is 0.00532. The van der Waals surface area contributed by atoms with Crippen LogP contribution in [0.3, 0.4) is 0 Å². The van der Waals surface area contributed by atoms with E-state index in [1.807, 2.05) is 30.5 Å². The topological polar surface area (TPSA) is 56.9 Å². The molecule has 1 unspecified atom stereocenters. The van der Waals surface area contributed by atoms with E-state index >= 15 is 0 Å². The van der Waals surface area contributed by atoms with Crippen LogP contribution < -0.4 is 10.6 Å². The van der Waals surface area contributed by atoms with Crippen molar-refractivity contribution >= 4 is 16.8 Å². The Labute approximate surface area is 106 Å². The van der Waals surface area contributed by atoms with E-state index in [0.29, 0.717) is 5.56 Å². The summed E-state index contributed by atoms with van der Waals surface area (Å²) in [5.74, 6) is -0.00532. The number of para-hydroxylation sites is 1. The van der Waals surface area contributed by atoms with Crippen molar-refractivity contribution in [3.63, 3.8) is 0 Å². The van der Waals surface area contributed by atoms with E-state index in [4.69, 9.17) is 0 Å². The van der Waals surface area contributed by atoms with Crippen molar-refractivity contribution in [1.82, 2.24) is 15.6 Å². The quantitative estimate of drug-likeness (QED) is 0.751. The molecule has 94 valence electrons. The number of carbonyl (C=O) groups is 1. The van der Waals surface area contributed by atoms with Crippen molar-refractivity contribution in [2.45, 2.75) is 18.9 Å². The molecule has 1 aliphatic heterocycles. The van der Waals surface area contributed by atoms with E-state index in [2.05, 4.69) is 22.5 Å². The van der Waals surface area contributed by atoms with Crippen LogP contribution in [-0.2, 0) is 0 Å². The minimum atomic E-state index is -0.133. The molecule has 2 heterocycles. The number of benzene rings is 1. The SMILES string of the molecule is CC1(NC(=O)c2cccc3cc[nH]c23)CCNC1. The first-order valence-corrected chi connectivity index (χ1v) is 6.27. The van der Waals surface area contributed by atoms with Crippen LogP contribution in [-0.4, -0.2) is 29.5 Å². The zero-order valence-corrected chi connectivity index (χ0v) is 10.4. The monoisotopic (exact) mass is 243 g/mol. The molecule has 0 spiro atoms. The van der Waals surface area contributed by atoms with E-state index in [1.165, 1.54) is 0 Å². The summed E-state index contributed by atoms with van der Waals surface area (Å²) in [4.78, 5) is 15.5. The maximum Gasteiger partial charge on any atom is 0.253 e. The van der Waals surface area contributed by atoms with Crippen LogP contribution in [0.4, 0.5) is 0 Å². The Balaban J connectivity index is 1.90. The van der Waals surface area contributed by atoms with Gasteiger partial charge in [0.25, 0.3) is 5.91 Å². The van der Waals surface area contributed by atoms with Gasteiger partial charge in [0, 0.05) is 18.1 Å². The first-order chi connectivity index (χ1) is 8.68. The van der Waals surface area contributed by atoms with Crippen molar-refractivity contribution < 1.29 is 4.79 Å². The maximum atomic E-state index is 12.4. The second kappa shape index (κ2) is 4.14. The Morgan fingerprint density at radius 2 is 2.28 bits per heavy atom. The van der Waals surface area contributed by atoms with Gasteiger partial charge < -0.3 is 15.6 Å². The average Bonchev–Trinajstić information content (AvgIpc) is 2.96. The highest BCUT2D eigenvalue weighted by molar-refractivity contribution is 6.05. The third-order valence-electron chi connectivity index (χ3n) is 3.62. The molecule has 1 amide bonds. The Morgan fingerprint density at radius 1 is 1.39 bits per heavy atom. The average molecular weight is 243 g/mol. The molecule has 3 N–H and O–H groups in total. The maximum absolute atomic E-state index is 12.4. The molecule has 1 aromatic heterocycles. The fourth-order valence-electron chi connectivity index (χ4n) is 2.54. The van der Waals surface area contributed by atoms with Gasteiger partial charge in [-0.1, -0.05) is 12.1 Å². The predicted molar refractivity (Wildman–Crippen MR) is 71.7 cm³/mol. The van der Waals surface area contributed by atoms with Gasteiger partial charge in [0.2, 0.25) is 0 Å². The van der Waals surface area contributed by atoms with Gasteiger partial charge in [-0.2, -0.15) is 0 Å². The minimum Gasteiger partial charge on any atom is -0.361 e. The molecule has 1 saturated heterocycles. The summed E-state index contributed by atoms with van der Waals surface area (Å²) in [5.41, 5.74) is 1.49. The van der Waals surface area contributed by atoms with E-state index in [1.54, 1.807) is 0 Å². The molecule has 18 heavy (non-hydrogen) atoms. The number of aromatic nitrogens is 1. The molecule has 1 atom stereocenters. The van der Waals surface area contributed by atoms with Crippen LogP contribution in [0.1, 0.15) is 23.7 Å². The number of fused-ring (bicyclic) bond motifs is 1. The molecule has 0 aliphatic carbocycles. The fourth-order valence-corrected chi connectivity index (χ4v) is 2.54. The summed E-state index contributed by atoms with van der Waals surface area (Å²) in [5, 5.41) is 7.48. The van der Waals surface area contributed by atoms with Crippen molar-refractivity contribution in [2.24, 2.45) is 0 Å². The Bertz CT molecular complexity index is 581. The van der Waals surface area contributed by atoms with Crippen LogP contribution >= 0.6 is 0 Å². The lowest BCUT2D eigenvalue weighted by atomic mass is 10.0. The lowest BCUT2D eigenvalue weighted by molar-refractivity contribution is 0.0914.